The number of amides is 1. The average Bonchev–Trinajstić information content (AvgIpc) is 3.24. The number of carbonyl (C=O) groups excluding carboxylic acids is 1. The van der Waals surface area contributed by atoms with Crippen molar-refractivity contribution in [1.82, 2.24) is 9.29 Å². The van der Waals surface area contributed by atoms with Crippen LogP contribution in [0.3, 0.4) is 0 Å². The maximum Gasteiger partial charge on any atom is 0.250 e. The second-order valence-electron chi connectivity index (χ2n) is 7.55. The van der Waals surface area contributed by atoms with Gasteiger partial charge in [-0.25, -0.2) is 13.4 Å². The molecule has 1 aromatic heterocycles. The van der Waals surface area contributed by atoms with Crippen LogP contribution in [-0.2, 0) is 14.8 Å². The number of hydrogen-bond donors (Lipinski definition) is 1. The van der Waals surface area contributed by atoms with E-state index >= 15 is 0 Å². The number of nitrogens with zero attached hydrogens (tertiary/aromatic N) is 2. The minimum atomic E-state index is -3.52. The molecular weight excluding hydrogens is 462 g/mol. The van der Waals surface area contributed by atoms with Gasteiger partial charge in [0.2, 0.25) is 15.9 Å². The number of sulfonamides is 1. The highest BCUT2D eigenvalue weighted by molar-refractivity contribution is 7.89. The van der Waals surface area contributed by atoms with E-state index in [9.17, 15) is 13.2 Å². The first kappa shape index (κ1) is 23.2. The molecule has 0 unspecified atom stereocenters. The Morgan fingerprint density at radius 1 is 1.06 bits per heavy atom. The largest absolute Gasteiger partial charge is 0.493 e. The van der Waals surface area contributed by atoms with E-state index in [-0.39, 0.29) is 10.8 Å². The molecule has 3 aromatic rings. The second-order valence-corrected chi connectivity index (χ2v) is 10.5. The van der Waals surface area contributed by atoms with Crippen molar-refractivity contribution in [2.75, 3.05) is 32.6 Å². The molecule has 1 amide bonds. The van der Waals surface area contributed by atoms with Crippen LogP contribution in [0.1, 0.15) is 24.8 Å². The summed E-state index contributed by atoms with van der Waals surface area (Å²) in [5.41, 5.74) is 1.41. The zero-order valence-electron chi connectivity index (χ0n) is 18.4. The maximum atomic E-state index is 12.9. The van der Waals surface area contributed by atoms with Gasteiger partial charge in [0.15, 0.2) is 16.6 Å². The monoisotopic (exact) mass is 487 g/mol. The molecule has 0 bridgehead atoms. The predicted molar refractivity (Wildman–Crippen MR) is 129 cm³/mol. The van der Waals surface area contributed by atoms with Gasteiger partial charge in [0.1, 0.15) is 0 Å². The number of piperidine rings is 1. The number of fused-ring (bicyclic) bond motifs is 1. The van der Waals surface area contributed by atoms with Gasteiger partial charge in [-0.05, 0) is 54.8 Å². The summed E-state index contributed by atoms with van der Waals surface area (Å²) in [5.74, 6) is 0.835. The van der Waals surface area contributed by atoms with Gasteiger partial charge in [-0.2, -0.15) is 4.31 Å². The molecule has 174 valence electrons. The molecule has 1 N–H and O–H groups in total. The van der Waals surface area contributed by atoms with E-state index in [1.807, 2.05) is 6.07 Å². The highest BCUT2D eigenvalue weighted by atomic mass is 32.2. The van der Waals surface area contributed by atoms with Crippen LogP contribution < -0.4 is 14.8 Å². The fourth-order valence-electron chi connectivity index (χ4n) is 3.65. The number of aromatic nitrogens is 1. The molecule has 0 aliphatic carbocycles. The SMILES string of the molecule is COc1ccc(/C=C/C(=O)Nc2nc3ccc(S(=O)(=O)N4CCCCC4)cc3s2)cc1OC. The third-order valence-electron chi connectivity index (χ3n) is 5.38. The molecule has 33 heavy (non-hydrogen) atoms. The summed E-state index contributed by atoms with van der Waals surface area (Å²) in [7, 11) is -0.413. The van der Waals surface area contributed by atoms with E-state index in [2.05, 4.69) is 10.3 Å². The number of nitrogens with one attached hydrogen (secondary N) is 1. The minimum absolute atomic E-state index is 0.256. The average molecular weight is 488 g/mol. The summed E-state index contributed by atoms with van der Waals surface area (Å²) in [6, 6.07) is 10.2. The molecule has 4 rings (SSSR count). The zero-order chi connectivity index (χ0) is 23.4. The lowest BCUT2D eigenvalue weighted by Gasteiger charge is -2.25. The molecule has 1 fully saturated rings. The van der Waals surface area contributed by atoms with Crippen molar-refractivity contribution in [3.63, 3.8) is 0 Å². The van der Waals surface area contributed by atoms with Gasteiger partial charge in [0.25, 0.3) is 0 Å². The van der Waals surface area contributed by atoms with Gasteiger partial charge >= 0.3 is 0 Å². The van der Waals surface area contributed by atoms with Gasteiger partial charge in [-0.15, -0.1) is 0 Å². The van der Waals surface area contributed by atoms with Crippen LogP contribution in [0.2, 0.25) is 0 Å². The van der Waals surface area contributed by atoms with Crippen molar-refractivity contribution in [3.8, 4) is 11.5 Å². The fourth-order valence-corrected chi connectivity index (χ4v) is 6.18. The number of benzene rings is 2. The number of methoxy groups -OCH3 is 2. The highest BCUT2D eigenvalue weighted by Gasteiger charge is 2.26. The van der Waals surface area contributed by atoms with Crippen LogP contribution in [0.4, 0.5) is 5.13 Å². The Hall–Kier alpha value is -2.95. The lowest BCUT2D eigenvalue weighted by molar-refractivity contribution is -0.111. The summed E-state index contributed by atoms with van der Waals surface area (Å²) in [6.45, 7) is 1.10. The standard InChI is InChI=1S/C23H25N3O5S2/c1-30-19-10-6-16(14-20(19)31-2)7-11-22(27)25-23-24-18-9-8-17(15-21(18)32-23)33(28,29)26-12-4-3-5-13-26/h6-11,14-15H,3-5,12-13H2,1-2H3,(H,24,25,27)/b11-7+. The number of anilines is 1. The van der Waals surface area contributed by atoms with E-state index in [1.165, 1.54) is 17.4 Å². The minimum Gasteiger partial charge on any atom is -0.493 e. The predicted octanol–water partition coefficient (Wildman–Crippen LogP) is 4.14. The van der Waals surface area contributed by atoms with Crippen molar-refractivity contribution in [2.45, 2.75) is 24.2 Å². The molecule has 1 aliphatic heterocycles. The first-order chi connectivity index (χ1) is 15.9. The molecule has 0 saturated carbocycles. The van der Waals surface area contributed by atoms with Crippen molar-refractivity contribution < 1.29 is 22.7 Å². The Labute approximate surface area is 196 Å². The van der Waals surface area contributed by atoms with Crippen LogP contribution in [-0.4, -0.2) is 50.9 Å². The molecule has 1 saturated heterocycles. The van der Waals surface area contributed by atoms with Gasteiger partial charge in [0.05, 0.1) is 29.3 Å². The Kier molecular flexibility index (Phi) is 6.96. The Balaban J connectivity index is 1.48. The molecule has 2 aromatic carbocycles. The van der Waals surface area contributed by atoms with Crippen molar-refractivity contribution >= 4 is 48.7 Å². The third-order valence-corrected chi connectivity index (χ3v) is 8.21. The first-order valence-electron chi connectivity index (χ1n) is 10.5. The van der Waals surface area contributed by atoms with Crippen LogP contribution in [0.25, 0.3) is 16.3 Å². The van der Waals surface area contributed by atoms with Crippen LogP contribution >= 0.6 is 11.3 Å². The number of thiazole rings is 1. The van der Waals surface area contributed by atoms with Gasteiger partial charge in [0, 0.05) is 19.2 Å². The van der Waals surface area contributed by atoms with Crippen LogP contribution in [0.15, 0.2) is 47.4 Å². The van der Waals surface area contributed by atoms with E-state index in [0.29, 0.717) is 39.9 Å². The summed E-state index contributed by atoms with van der Waals surface area (Å²) in [5, 5.41) is 3.14. The Morgan fingerprint density at radius 2 is 1.82 bits per heavy atom. The summed E-state index contributed by atoms with van der Waals surface area (Å²) in [4.78, 5) is 17.0. The number of rotatable bonds is 7. The molecule has 2 heterocycles. The Morgan fingerprint density at radius 3 is 2.55 bits per heavy atom. The summed E-state index contributed by atoms with van der Waals surface area (Å²) in [6.07, 6.45) is 5.89. The first-order valence-corrected chi connectivity index (χ1v) is 12.8. The van der Waals surface area contributed by atoms with E-state index in [1.54, 1.807) is 54.9 Å². The lowest BCUT2D eigenvalue weighted by Crippen LogP contribution is -2.35. The molecule has 10 heteroatoms. The second kappa shape index (κ2) is 9.90. The number of ether oxygens (including phenoxy) is 2. The number of carbonyl (C=O) groups is 1. The lowest BCUT2D eigenvalue weighted by atomic mass is 10.2. The van der Waals surface area contributed by atoms with Crippen molar-refractivity contribution in [2.24, 2.45) is 0 Å². The summed E-state index contributed by atoms with van der Waals surface area (Å²) >= 11 is 1.24. The highest BCUT2D eigenvalue weighted by Crippen LogP contribution is 2.30. The van der Waals surface area contributed by atoms with Crippen molar-refractivity contribution in [3.05, 3.63) is 48.0 Å². The van der Waals surface area contributed by atoms with E-state index in [0.717, 1.165) is 24.8 Å². The van der Waals surface area contributed by atoms with Crippen LogP contribution in [0, 0.1) is 0 Å². The van der Waals surface area contributed by atoms with Gasteiger partial charge in [-0.3, -0.25) is 10.1 Å². The molecule has 0 atom stereocenters. The fraction of sp³-hybridized carbons (Fsp3) is 0.304. The normalized spacial score (nSPS) is 15.1. The summed E-state index contributed by atoms with van der Waals surface area (Å²) < 4.78 is 38.6. The number of hydrogen-bond acceptors (Lipinski definition) is 7. The molecular formula is C23H25N3O5S2. The molecule has 0 radical (unpaired) electrons. The maximum absolute atomic E-state index is 12.9. The van der Waals surface area contributed by atoms with E-state index in [4.69, 9.17) is 9.47 Å². The quantitative estimate of drug-likeness (QED) is 0.503. The molecule has 0 spiro atoms. The topological polar surface area (TPSA) is 97.8 Å². The van der Waals surface area contributed by atoms with Gasteiger partial charge in [-0.1, -0.05) is 23.8 Å². The molecule has 8 nitrogen and oxygen atoms in total. The smallest absolute Gasteiger partial charge is 0.250 e. The zero-order valence-corrected chi connectivity index (χ0v) is 20.0. The molecule has 1 aliphatic rings. The van der Waals surface area contributed by atoms with Crippen molar-refractivity contribution in [1.29, 1.82) is 0 Å². The van der Waals surface area contributed by atoms with E-state index < -0.39 is 10.0 Å². The Bertz CT molecular complexity index is 1290. The van der Waals surface area contributed by atoms with Gasteiger partial charge < -0.3 is 9.47 Å². The third kappa shape index (κ3) is 5.18. The van der Waals surface area contributed by atoms with Crippen LogP contribution in [0.5, 0.6) is 11.5 Å².